The summed E-state index contributed by atoms with van der Waals surface area (Å²) in [7, 11) is 0. The second kappa shape index (κ2) is 3.73. The zero-order chi connectivity index (χ0) is 9.97. The van der Waals surface area contributed by atoms with Crippen LogP contribution in [0.4, 0.5) is 0 Å². The van der Waals surface area contributed by atoms with Gasteiger partial charge in [0, 0.05) is 12.8 Å². The van der Waals surface area contributed by atoms with Gasteiger partial charge in [-0.1, -0.05) is 0 Å². The summed E-state index contributed by atoms with van der Waals surface area (Å²) in [5.41, 5.74) is 7.32. The smallest absolute Gasteiger partial charge is 0.177 e. The first kappa shape index (κ1) is 9.11. The molecular formula is C9H12N4O. The number of hydrogen-bond acceptors (Lipinski definition) is 4. The van der Waals surface area contributed by atoms with Crippen molar-refractivity contribution < 1.29 is 5.11 Å². The number of nitrogens with two attached hydrogens (primary N) is 1. The van der Waals surface area contributed by atoms with Crippen LogP contribution in [0.5, 0.6) is 0 Å². The third kappa shape index (κ3) is 1.59. The molecule has 0 amide bonds. The topological polar surface area (TPSA) is 87.8 Å². The van der Waals surface area contributed by atoms with E-state index in [4.69, 9.17) is 10.8 Å². The minimum Gasteiger partial charge on any atom is -0.396 e. The third-order valence-electron chi connectivity index (χ3n) is 2.07. The summed E-state index contributed by atoms with van der Waals surface area (Å²) in [6.07, 6.45) is 2.18. The van der Waals surface area contributed by atoms with Crippen molar-refractivity contribution in [3.8, 4) is 0 Å². The number of nitrogens with one attached hydrogen (secondary N) is 1. The van der Waals surface area contributed by atoms with E-state index in [9.17, 15) is 0 Å². The number of H-pyrrole nitrogens is 1. The highest BCUT2D eigenvalue weighted by Gasteiger charge is 2.10. The molecule has 4 N–H and O–H groups in total. The van der Waals surface area contributed by atoms with Crippen molar-refractivity contribution in [3.63, 3.8) is 0 Å². The van der Waals surface area contributed by atoms with Crippen molar-refractivity contribution in [1.29, 1.82) is 0 Å². The summed E-state index contributed by atoms with van der Waals surface area (Å²) in [6.45, 7) is 0.0612. The lowest BCUT2D eigenvalue weighted by Gasteiger charge is -2.04. The summed E-state index contributed by atoms with van der Waals surface area (Å²) < 4.78 is 0. The highest BCUT2D eigenvalue weighted by molar-refractivity contribution is 5.69. The Labute approximate surface area is 81.0 Å². The van der Waals surface area contributed by atoms with Gasteiger partial charge >= 0.3 is 0 Å². The van der Waals surface area contributed by atoms with E-state index in [1.807, 2.05) is 12.1 Å². The van der Waals surface area contributed by atoms with Crippen LogP contribution >= 0.6 is 0 Å². The lowest BCUT2D eigenvalue weighted by molar-refractivity contribution is 0.275. The molecule has 2 rings (SSSR count). The first-order valence-electron chi connectivity index (χ1n) is 4.48. The Morgan fingerprint density at radius 3 is 3.14 bits per heavy atom. The van der Waals surface area contributed by atoms with Gasteiger partial charge in [0.05, 0.1) is 11.6 Å². The van der Waals surface area contributed by atoms with Gasteiger partial charge < -0.3 is 15.8 Å². The lowest BCUT2D eigenvalue weighted by Crippen LogP contribution is -2.13. The van der Waals surface area contributed by atoms with Gasteiger partial charge in [0.15, 0.2) is 5.65 Å². The van der Waals surface area contributed by atoms with Crippen LogP contribution in [0, 0.1) is 0 Å². The number of nitrogens with zero attached hydrogens (tertiary/aromatic N) is 2. The third-order valence-corrected chi connectivity index (χ3v) is 2.07. The fourth-order valence-electron chi connectivity index (χ4n) is 1.32. The summed E-state index contributed by atoms with van der Waals surface area (Å²) in [5, 5.41) is 8.74. The summed E-state index contributed by atoms with van der Waals surface area (Å²) in [5.74, 6) is 0.674. The van der Waals surface area contributed by atoms with Gasteiger partial charge in [0.1, 0.15) is 5.82 Å². The SMILES string of the molecule is NC(CCO)c1nc2ncccc2[nH]1. The molecule has 0 aliphatic carbocycles. The number of aliphatic hydroxyl groups is 1. The summed E-state index contributed by atoms with van der Waals surface area (Å²) >= 11 is 0. The molecular weight excluding hydrogens is 180 g/mol. The van der Waals surface area contributed by atoms with Crippen LogP contribution in [0.1, 0.15) is 18.3 Å². The molecule has 0 saturated carbocycles. The van der Waals surface area contributed by atoms with Crippen LogP contribution in [0.2, 0.25) is 0 Å². The minimum atomic E-state index is -0.255. The Kier molecular flexibility index (Phi) is 2.43. The van der Waals surface area contributed by atoms with Gasteiger partial charge in [-0.05, 0) is 18.6 Å². The maximum atomic E-state index is 8.74. The van der Waals surface area contributed by atoms with Gasteiger partial charge in [0.2, 0.25) is 0 Å². The molecule has 14 heavy (non-hydrogen) atoms. The molecule has 0 saturated heterocycles. The number of fused-ring (bicyclic) bond motifs is 1. The molecule has 74 valence electrons. The Balaban J connectivity index is 2.35. The van der Waals surface area contributed by atoms with E-state index in [0.717, 1.165) is 5.52 Å². The van der Waals surface area contributed by atoms with Gasteiger partial charge in [-0.2, -0.15) is 0 Å². The predicted octanol–water partition coefficient (Wildman–Crippen LogP) is 0.340. The number of rotatable bonds is 3. The molecule has 2 heterocycles. The van der Waals surface area contributed by atoms with Crippen LogP contribution in [-0.4, -0.2) is 26.7 Å². The van der Waals surface area contributed by atoms with E-state index in [0.29, 0.717) is 17.9 Å². The average molecular weight is 192 g/mol. The molecule has 5 heteroatoms. The Morgan fingerprint density at radius 2 is 2.43 bits per heavy atom. The number of hydrogen-bond donors (Lipinski definition) is 3. The molecule has 2 aromatic heterocycles. The Morgan fingerprint density at radius 1 is 1.57 bits per heavy atom. The molecule has 2 aromatic rings. The largest absolute Gasteiger partial charge is 0.396 e. The number of aliphatic hydroxyl groups excluding tert-OH is 1. The van der Waals surface area contributed by atoms with Crippen LogP contribution in [0.25, 0.3) is 11.2 Å². The van der Waals surface area contributed by atoms with E-state index < -0.39 is 0 Å². The van der Waals surface area contributed by atoms with Crippen molar-refractivity contribution in [2.24, 2.45) is 5.73 Å². The maximum absolute atomic E-state index is 8.74. The minimum absolute atomic E-state index is 0.0612. The quantitative estimate of drug-likeness (QED) is 0.654. The average Bonchev–Trinajstić information content (AvgIpc) is 2.61. The number of aromatic nitrogens is 3. The van der Waals surface area contributed by atoms with Gasteiger partial charge in [-0.3, -0.25) is 0 Å². The number of imidazole rings is 1. The van der Waals surface area contributed by atoms with Crippen molar-refractivity contribution >= 4 is 11.2 Å². The van der Waals surface area contributed by atoms with E-state index in [1.54, 1.807) is 6.20 Å². The molecule has 1 atom stereocenters. The molecule has 0 radical (unpaired) electrons. The van der Waals surface area contributed by atoms with Crippen LogP contribution in [-0.2, 0) is 0 Å². The highest BCUT2D eigenvalue weighted by atomic mass is 16.3. The maximum Gasteiger partial charge on any atom is 0.177 e. The van der Waals surface area contributed by atoms with E-state index in [1.165, 1.54) is 0 Å². The van der Waals surface area contributed by atoms with Crippen molar-refractivity contribution in [1.82, 2.24) is 15.0 Å². The predicted molar refractivity (Wildman–Crippen MR) is 52.5 cm³/mol. The van der Waals surface area contributed by atoms with E-state index in [2.05, 4.69) is 15.0 Å². The van der Waals surface area contributed by atoms with Gasteiger partial charge in [-0.25, -0.2) is 9.97 Å². The van der Waals surface area contributed by atoms with Crippen molar-refractivity contribution in [2.75, 3.05) is 6.61 Å². The standard InChI is InChI=1S/C9H12N4O/c10-6(3-5-14)8-12-7-2-1-4-11-9(7)13-8/h1-2,4,6,14H,3,5,10H2,(H,11,12,13). The molecule has 0 aliphatic rings. The normalized spacial score (nSPS) is 13.3. The second-order valence-corrected chi connectivity index (χ2v) is 3.12. The zero-order valence-electron chi connectivity index (χ0n) is 7.64. The first-order chi connectivity index (χ1) is 6.81. The molecule has 0 fully saturated rings. The first-order valence-corrected chi connectivity index (χ1v) is 4.48. The van der Waals surface area contributed by atoms with E-state index in [-0.39, 0.29) is 12.6 Å². The summed E-state index contributed by atoms with van der Waals surface area (Å²) in [6, 6.07) is 3.47. The Hall–Kier alpha value is -1.46. The van der Waals surface area contributed by atoms with Crippen molar-refractivity contribution in [2.45, 2.75) is 12.5 Å². The van der Waals surface area contributed by atoms with Gasteiger partial charge in [0.25, 0.3) is 0 Å². The molecule has 1 unspecified atom stereocenters. The van der Waals surface area contributed by atoms with Crippen LogP contribution < -0.4 is 5.73 Å². The Bertz CT molecular complexity index is 392. The fourth-order valence-corrected chi connectivity index (χ4v) is 1.32. The number of aromatic amines is 1. The number of pyridine rings is 1. The summed E-state index contributed by atoms with van der Waals surface area (Å²) in [4.78, 5) is 11.4. The molecule has 5 nitrogen and oxygen atoms in total. The van der Waals surface area contributed by atoms with Crippen molar-refractivity contribution in [3.05, 3.63) is 24.2 Å². The van der Waals surface area contributed by atoms with Gasteiger partial charge in [-0.15, -0.1) is 0 Å². The zero-order valence-corrected chi connectivity index (χ0v) is 7.64. The fraction of sp³-hybridized carbons (Fsp3) is 0.333. The molecule has 0 aliphatic heterocycles. The molecule has 0 bridgehead atoms. The van der Waals surface area contributed by atoms with E-state index >= 15 is 0 Å². The lowest BCUT2D eigenvalue weighted by atomic mass is 10.2. The highest BCUT2D eigenvalue weighted by Crippen LogP contribution is 2.14. The second-order valence-electron chi connectivity index (χ2n) is 3.12. The molecule has 0 spiro atoms. The van der Waals surface area contributed by atoms with Crippen LogP contribution in [0.15, 0.2) is 18.3 Å². The molecule has 0 aromatic carbocycles. The van der Waals surface area contributed by atoms with Crippen LogP contribution in [0.3, 0.4) is 0 Å². The monoisotopic (exact) mass is 192 g/mol.